The normalized spacial score (nSPS) is 23.6. The molecule has 0 spiro atoms. The molecule has 0 bridgehead atoms. The van der Waals surface area contributed by atoms with Crippen LogP contribution in [0.1, 0.15) is 33.1 Å². The van der Waals surface area contributed by atoms with Gasteiger partial charge in [0.05, 0.1) is 12.3 Å². The Balaban J connectivity index is 1.77. The summed E-state index contributed by atoms with van der Waals surface area (Å²) in [4.78, 5) is 19.2. The lowest BCUT2D eigenvalue weighted by Gasteiger charge is -2.31. The molecule has 2 aliphatic rings. The van der Waals surface area contributed by atoms with Crippen molar-refractivity contribution >= 4 is 28.5 Å². The number of carbonyl (C=O) groups is 1. The Morgan fingerprint density at radius 3 is 2.68 bits per heavy atom. The Hall–Kier alpha value is -1.49. The second kappa shape index (κ2) is 6.73. The van der Waals surface area contributed by atoms with Gasteiger partial charge < -0.3 is 4.74 Å². The fourth-order valence-corrected chi connectivity index (χ4v) is 3.79. The summed E-state index contributed by atoms with van der Waals surface area (Å²) in [7, 11) is 0. The van der Waals surface area contributed by atoms with E-state index in [9.17, 15) is 4.79 Å². The SMILES string of the molecule is CCOc1ccc(N=C2SC[C@H](C)N2C(=O)C2CCC2)cc1. The summed E-state index contributed by atoms with van der Waals surface area (Å²) in [6.07, 6.45) is 3.24. The van der Waals surface area contributed by atoms with E-state index in [-0.39, 0.29) is 17.9 Å². The van der Waals surface area contributed by atoms with Gasteiger partial charge in [-0.25, -0.2) is 4.99 Å². The lowest BCUT2D eigenvalue weighted by atomic mass is 9.84. The number of thioether (sulfide) groups is 1. The van der Waals surface area contributed by atoms with Crippen molar-refractivity contribution in [3.05, 3.63) is 24.3 Å². The van der Waals surface area contributed by atoms with E-state index in [0.29, 0.717) is 6.61 Å². The lowest BCUT2D eigenvalue weighted by Crippen LogP contribution is -2.43. The molecule has 0 radical (unpaired) electrons. The Kier molecular flexibility index (Phi) is 4.71. The molecule has 1 heterocycles. The van der Waals surface area contributed by atoms with Crippen molar-refractivity contribution in [1.82, 2.24) is 4.90 Å². The van der Waals surface area contributed by atoms with Crippen molar-refractivity contribution in [2.45, 2.75) is 39.2 Å². The lowest BCUT2D eigenvalue weighted by molar-refractivity contribution is -0.134. The number of amides is 1. The first-order chi connectivity index (χ1) is 10.7. The van der Waals surface area contributed by atoms with Crippen LogP contribution in [0.25, 0.3) is 0 Å². The van der Waals surface area contributed by atoms with Crippen molar-refractivity contribution in [2.75, 3.05) is 12.4 Å². The fraction of sp³-hybridized carbons (Fsp3) is 0.529. The van der Waals surface area contributed by atoms with Gasteiger partial charge in [0, 0.05) is 17.7 Å². The molecular weight excluding hydrogens is 296 g/mol. The van der Waals surface area contributed by atoms with Gasteiger partial charge in [0.2, 0.25) is 5.91 Å². The molecule has 1 aliphatic carbocycles. The van der Waals surface area contributed by atoms with Crippen LogP contribution in [0.15, 0.2) is 29.3 Å². The zero-order valence-corrected chi connectivity index (χ0v) is 13.9. The summed E-state index contributed by atoms with van der Waals surface area (Å²) >= 11 is 1.67. The second-order valence-corrected chi connectivity index (χ2v) is 6.80. The topological polar surface area (TPSA) is 41.9 Å². The van der Waals surface area contributed by atoms with Gasteiger partial charge in [0.15, 0.2) is 5.17 Å². The van der Waals surface area contributed by atoms with Crippen molar-refractivity contribution in [1.29, 1.82) is 0 Å². The van der Waals surface area contributed by atoms with Gasteiger partial charge in [0.1, 0.15) is 5.75 Å². The van der Waals surface area contributed by atoms with Crippen LogP contribution < -0.4 is 4.74 Å². The molecule has 1 aliphatic heterocycles. The average molecular weight is 318 g/mol. The first-order valence-electron chi connectivity index (χ1n) is 7.96. The molecule has 0 N–H and O–H groups in total. The van der Waals surface area contributed by atoms with Crippen LogP contribution in [0.2, 0.25) is 0 Å². The molecule has 1 saturated carbocycles. The molecule has 1 atom stereocenters. The summed E-state index contributed by atoms with van der Waals surface area (Å²) in [5.41, 5.74) is 0.867. The van der Waals surface area contributed by atoms with Crippen molar-refractivity contribution in [2.24, 2.45) is 10.9 Å². The number of rotatable bonds is 4. The molecule has 1 aromatic rings. The van der Waals surface area contributed by atoms with Crippen molar-refractivity contribution in [3.8, 4) is 5.75 Å². The third-order valence-corrected chi connectivity index (χ3v) is 5.36. The smallest absolute Gasteiger partial charge is 0.231 e. The minimum atomic E-state index is 0.215. The van der Waals surface area contributed by atoms with Gasteiger partial charge in [-0.15, -0.1) is 0 Å². The molecule has 118 valence electrons. The minimum Gasteiger partial charge on any atom is -0.494 e. The van der Waals surface area contributed by atoms with Gasteiger partial charge in [-0.3, -0.25) is 9.69 Å². The molecule has 5 heteroatoms. The van der Waals surface area contributed by atoms with E-state index in [4.69, 9.17) is 4.74 Å². The molecule has 4 nitrogen and oxygen atoms in total. The van der Waals surface area contributed by atoms with E-state index in [1.807, 2.05) is 36.1 Å². The summed E-state index contributed by atoms with van der Waals surface area (Å²) in [6.45, 7) is 4.73. The van der Waals surface area contributed by atoms with Crippen molar-refractivity contribution in [3.63, 3.8) is 0 Å². The van der Waals surface area contributed by atoms with Crippen LogP contribution in [0.4, 0.5) is 5.69 Å². The number of amidine groups is 1. The predicted molar refractivity (Wildman–Crippen MR) is 90.8 cm³/mol. The van der Waals surface area contributed by atoms with Crippen molar-refractivity contribution < 1.29 is 9.53 Å². The minimum absolute atomic E-state index is 0.215. The zero-order chi connectivity index (χ0) is 15.5. The van der Waals surface area contributed by atoms with Gasteiger partial charge >= 0.3 is 0 Å². The summed E-state index contributed by atoms with van der Waals surface area (Å²) in [5, 5.41) is 0.841. The van der Waals surface area contributed by atoms with E-state index >= 15 is 0 Å². The number of carbonyl (C=O) groups excluding carboxylic acids is 1. The average Bonchev–Trinajstić information content (AvgIpc) is 2.80. The van der Waals surface area contributed by atoms with Crippen LogP contribution in [0.3, 0.4) is 0 Å². The maximum absolute atomic E-state index is 12.6. The van der Waals surface area contributed by atoms with E-state index in [2.05, 4.69) is 11.9 Å². The third-order valence-electron chi connectivity index (χ3n) is 4.16. The van der Waals surface area contributed by atoms with Gasteiger partial charge in [-0.1, -0.05) is 18.2 Å². The van der Waals surface area contributed by atoms with Gasteiger partial charge in [-0.2, -0.15) is 0 Å². The number of ether oxygens (including phenoxy) is 1. The van der Waals surface area contributed by atoms with Gasteiger partial charge in [0.25, 0.3) is 0 Å². The first-order valence-corrected chi connectivity index (χ1v) is 8.95. The first kappa shape index (κ1) is 15.4. The molecule has 0 unspecified atom stereocenters. The number of aliphatic imine (C=N–C) groups is 1. The van der Waals surface area contributed by atoms with E-state index in [1.54, 1.807) is 11.8 Å². The van der Waals surface area contributed by atoms with E-state index in [0.717, 1.165) is 35.2 Å². The molecule has 1 amide bonds. The van der Waals surface area contributed by atoms with Crippen LogP contribution >= 0.6 is 11.8 Å². The predicted octanol–water partition coefficient (Wildman–Crippen LogP) is 3.84. The summed E-state index contributed by atoms with van der Waals surface area (Å²) < 4.78 is 5.44. The van der Waals surface area contributed by atoms with Crippen LogP contribution in [-0.4, -0.2) is 34.4 Å². The highest BCUT2D eigenvalue weighted by molar-refractivity contribution is 8.14. The monoisotopic (exact) mass is 318 g/mol. The van der Waals surface area contributed by atoms with Gasteiger partial charge in [-0.05, 0) is 51.0 Å². The maximum atomic E-state index is 12.6. The highest BCUT2D eigenvalue weighted by Gasteiger charge is 2.38. The molecular formula is C17H22N2O2S. The highest BCUT2D eigenvalue weighted by Crippen LogP contribution is 2.34. The molecule has 1 saturated heterocycles. The Bertz CT molecular complexity index is 567. The third kappa shape index (κ3) is 3.14. The van der Waals surface area contributed by atoms with E-state index < -0.39 is 0 Å². The second-order valence-electron chi connectivity index (χ2n) is 5.82. The molecule has 1 aromatic carbocycles. The highest BCUT2D eigenvalue weighted by atomic mass is 32.2. The molecule has 2 fully saturated rings. The largest absolute Gasteiger partial charge is 0.494 e. The standard InChI is InChI=1S/C17H22N2O2S/c1-3-21-15-9-7-14(8-10-15)18-17-19(12(2)11-22-17)16(20)13-5-4-6-13/h7-10,12-13H,3-6,11H2,1-2H3/t12-/m0/s1. The van der Waals surface area contributed by atoms with Crippen LogP contribution in [0, 0.1) is 5.92 Å². The molecule has 3 rings (SSSR count). The van der Waals surface area contributed by atoms with Crippen LogP contribution in [0.5, 0.6) is 5.75 Å². The summed E-state index contributed by atoms with van der Waals surface area (Å²) in [6, 6.07) is 7.95. The maximum Gasteiger partial charge on any atom is 0.231 e. The molecule has 0 aromatic heterocycles. The molecule has 22 heavy (non-hydrogen) atoms. The number of benzene rings is 1. The van der Waals surface area contributed by atoms with E-state index in [1.165, 1.54) is 6.42 Å². The Labute approximate surface area is 135 Å². The fourth-order valence-electron chi connectivity index (χ4n) is 2.67. The quantitative estimate of drug-likeness (QED) is 0.847. The number of nitrogens with zero attached hydrogens (tertiary/aromatic N) is 2. The summed E-state index contributed by atoms with van der Waals surface area (Å²) in [5.74, 6) is 2.25. The Morgan fingerprint density at radius 1 is 1.36 bits per heavy atom. The number of hydrogen-bond acceptors (Lipinski definition) is 4. The zero-order valence-electron chi connectivity index (χ0n) is 13.1. The Morgan fingerprint density at radius 2 is 2.09 bits per heavy atom. The van der Waals surface area contributed by atoms with Crippen LogP contribution in [-0.2, 0) is 4.79 Å². The number of hydrogen-bond donors (Lipinski definition) is 0.